The summed E-state index contributed by atoms with van der Waals surface area (Å²) < 4.78 is 82.0. The second-order valence-electron chi connectivity index (χ2n) is 7.10. The molecule has 0 radical (unpaired) electrons. The van der Waals surface area contributed by atoms with Crippen molar-refractivity contribution in [1.29, 1.82) is 0 Å². The quantitative estimate of drug-likeness (QED) is 0.553. The van der Waals surface area contributed by atoms with E-state index in [1.165, 1.54) is 30.3 Å². The van der Waals surface area contributed by atoms with E-state index >= 15 is 0 Å². The molecular formula is C20H16F4N4O2S. The first-order valence-electron chi connectivity index (χ1n) is 9.18. The first-order chi connectivity index (χ1) is 14.5. The lowest BCUT2D eigenvalue weighted by molar-refractivity contribution is -0.137. The van der Waals surface area contributed by atoms with Gasteiger partial charge in [-0.3, -0.25) is 4.72 Å². The van der Waals surface area contributed by atoms with E-state index in [0.717, 1.165) is 31.0 Å². The lowest BCUT2D eigenvalue weighted by Crippen LogP contribution is -2.17. The Kier molecular flexibility index (Phi) is 5.08. The molecule has 0 bridgehead atoms. The maximum absolute atomic E-state index is 13.8. The number of sulfonamides is 1. The van der Waals surface area contributed by atoms with E-state index in [1.54, 1.807) is 0 Å². The number of alkyl halides is 3. The average molecular weight is 452 g/mol. The molecule has 0 aliphatic heterocycles. The Morgan fingerprint density at radius 1 is 1.03 bits per heavy atom. The van der Waals surface area contributed by atoms with Crippen LogP contribution in [0.3, 0.4) is 0 Å². The second kappa shape index (κ2) is 7.49. The number of nitrogens with two attached hydrogens (primary N) is 1. The van der Waals surface area contributed by atoms with Crippen LogP contribution >= 0.6 is 0 Å². The van der Waals surface area contributed by atoms with Crippen LogP contribution in [0, 0.1) is 5.82 Å². The number of pyridine rings is 2. The van der Waals surface area contributed by atoms with Gasteiger partial charge in [-0.2, -0.15) is 21.6 Å². The van der Waals surface area contributed by atoms with Gasteiger partial charge < -0.3 is 5.73 Å². The molecule has 0 amide bonds. The SMILES string of the molecule is Nc1cccc(S(=O)(=O)Nc2ccc(C(F)(F)F)c(-c3ccc(F)cc3C3CC3)n2)n1. The Labute approximate surface area is 175 Å². The lowest BCUT2D eigenvalue weighted by Gasteiger charge is -2.17. The highest BCUT2D eigenvalue weighted by Gasteiger charge is 2.37. The minimum absolute atomic E-state index is 0.0377. The Bertz CT molecular complexity index is 1260. The zero-order chi connectivity index (χ0) is 22.4. The highest BCUT2D eigenvalue weighted by Crippen LogP contribution is 2.46. The van der Waals surface area contributed by atoms with E-state index in [2.05, 4.69) is 14.7 Å². The summed E-state index contributed by atoms with van der Waals surface area (Å²) in [4.78, 5) is 7.66. The molecule has 0 spiro atoms. The van der Waals surface area contributed by atoms with Crippen LogP contribution in [0.25, 0.3) is 11.3 Å². The molecule has 2 aromatic heterocycles. The van der Waals surface area contributed by atoms with Gasteiger partial charge in [0.1, 0.15) is 17.5 Å². The van der Waals surface area contributed by atoms with Crippen LogP contribution in [0.1, 0.15) is 29.9 Å². The standard InChI is InChI=1S/C20H16F4N4O2S/c21-12-6-7-13(14(10-12)11-4-5-11)19-15(20(22,23)24)8-9-17(27-19)28-31(29,30)18-3-1-2-16(25)26-18/h1-3,6-11H,4-5H2,(H2,25,26)(H,27,28). The van der Waals surface area contributed by atoms with Gasteiger partial charge in [0, 0.05) is 5.56 Å². The molecule has 162 valence electrons. The maximum Gasteiger partial charge on any atom is 0.418 e. The first kappa shape index (κ1) is 21.0. The monoisotopic (exact) mass is 452 g/mol. The predicted octanol–water partition coefficient (Wildman–Crippen LogP) is 4.56. The number of aromatic nitrogens is 2. The molecule has 11 heteroatoms. The van der Waals surface area contributed by atoms with Gasteiger partial charge in [0.25, 0.3) is 10.0 Å². The van der Waals surface area contributed by atoms with Gasteiger partial charge in [-0.15, -0.1) is 0 Å². The fourth-order valence-corrected chi connectivity index (χ4v) is 4.18. The number of hydrogen-bond donors (Lipinski definition) is 2. The van der Waals surface area contributed by atoms with Crippen molar-refractivity contribution in [3.8, 4) is 11.3 Å². The van der Waals surface area contributed by atoms with Crippen molar-refractivity contribution in [3.63, 3.8) is 0 Å². The van der Waals surface area contributed by atoms with Crippen molar-refractivity contribution >= 4 is 21.7 Å². The molecule has 1 aliphatic carbocycles. The Hall–Kier alpha value is -3.21. The molecule has 0 unspecified atom stereocenters. The smallest absolute Gasteiger partial charge is 0.384 e. The summed E-state index contributed by atoms with van der Waals surface area (Å²) in [7, 11) is -4.25. The van der Waals surface area contributed by atoms with Crippen LogP contribution < -0.4 is 10.5 Å². The van der Waals surface area contributed by atoms with Crippen LogP contribution in [0.4, 0.5) is 29.2 Å². The molecule has 2 heterocycles. The highest BCUT2D eigenvalue weighted by atomic mass is 32.2. The van der Waals surface area contributed by atoms with Crippen molar-refractivity contribution < 1.29 is 26.0 Å². The van der Waals surface area contributed by atoms with Crippen molar-refractivity contribution in [2.75, 3.05) is 10.5 Å². The van der Waals surface area contributed by atoms with E-state index < -0.39 is 38.3 Å². The normalized spacial score (nSPS) is 14.5. The highest BCUT2D eigenvalue weighted by molar-refractivity contribution is 7.92. The lowest BCUT2D eigenvalue weighted by atomic mass is 9.97. The summed E-state index contributed by atoms with van der Waals surface area (Å²) in [5.74, 6) is -1.00. The molecule has 6 nitrogen and oxygen atoms in total. The second-order valence-corrected chi connectivity index (χ2v) is 8.73. The number of nitrogens with one attached hydrogen (secondary N) is 1. The van der Waals surface area contributed by atoms with E-state index in [4.69, 9.17) is 5.73 Å². The largest absolute Gasteiger partial charge is 0.418 e. The predicted molar refractivity (Wildman–Crippen MR) is 106 cm³/mol. The number of anilines is 2. The summed E-state index contributed by atoms with van der Waals surface area (Å²) in [6.45, 7) is 0. The Morgan fingerprint density at radius 2 is 1.77 bits per heavy atom. The molecule has 1 aromatic carbocycles. The molecule has 1 saturated carbocycles. The van der Waals surface area contributed by atoms with Gasteiger partial charge in [-0.1, -0.05) is 6.07 Å². The number of halogens is 4. The molecule has 0 saturated heterocycles. The number of nitrogens with zero attached hydrogens (tertiary/aromatic N) is 2. The number of hydrogen-bond acceptors (Lipinski definition) is 5. The van der Waals surface area contributed by atoms with E-state index in [-0.39, 0.29) is 23.1 Å². The van der Waals surface area contributed by atoms with Crippen molar-refractivity contribution in [2.45, 2.75) is 30.0 Å². The fourth-order valence-electron chi connectivity index (χ4n) is 3.20. The van der Waals surface area contributed by atoms with Crippen LogP contribution in [0.15, 0.2) is 53.6 Å². The zero-order valence-electron chi connectivity index (χ0n) is 15.8. The van der Waals surface area contributed by atoms with Gasteiger partial charge >= 0.3 is 6.18 Å². The van der Waals surface area contributed by atoms with Crippen LogP contribution in [0.5, 0.6) is 0 Å². The van der Waals surface area contributed by atoms with Crippen molar-refractivity contribution in [3.05, 3.63) is 65.5 Å². The maximum atomic E-state index is 13.8. The Balaban J connectivity index is 1.82. The van der Waals surface area contributed by atoms with E-state index in [0.29, 0.717) is 5.56 Å². The molecule has 31 heavy (non-hydrogen) atoms. The molecule has 0 atom stereocenters. The number of rotatable bonds is 5. The van der Waals surface area contributed by atoms with E-state index in [9.17, 15) is 26.0 Å². The summed E-state index contributed by atoms with van der Waals surface area (Å²) in [6, 6.07) is 9.10. The summed E-state index contributed by atoms with van der Waals surface area (Å²) in [5.41, 5.74) is 4.50. The van der Waals surface area contributed by atoms with Gasteiger partial charge in [-0.05, 0) is 66.8 Å². The molecule has 4 rings (SSSR count). The summed E-state index contributed by atoms with van der Waals surface area (Å²) >= 11 is 0. The van der Waals surface area contributed by atoms with Gasteiger partial charge in [0.05, 0.1) is 11.3 Å². The molecule has 3 aromatic rings. The first-order valence-corrected chi connectivity index (χ1v) is 10.7. The van der Waals surface area contributed by atoms with Crippen LogP contribution in [-0.2, 0) is 16.2 Å². The molecular weight excluding hydrogens is 436 g/mol. The van der Waals surface area contributed by atoms with E-state index in [1.807, 2.05) is 0 Å². The third-order valence-electron chi connectivity index (χ3n) is 4.75. The third-order valence-corrected chi connectivity index (χ3v) is 6.00. The average Bonchev–Trinajstić information content (AvgIpc) is 3.52. The Morgan fingerprint density at radius 3 is 2.42 bits per heavy atom. The van der Waals surface area contributed by atoms with Crippen LogP contribution in [0.2, 0.25) is 0 Å². The number of nitrogen functional groups attached to an aromatic ring is 1. The fraction of sp³-hybridized carbons (Fsp3) is 0.200. The van der Waals surface area contributed by atoms with Gasteiger partial charge in [-0.25, -0.2) is 14.4 Å². The minimum atomic E-state index is -4.75. The van der Waals surface area contributed by atoms with Crippen molar-refractivity contribution in [2.24, 2.45) is 0 Å². The number of benzene rings is 1. The van der Waals surface area contributed by atoms with Gasteiger partial charge in [0.15, 0.2) is 5.03 Å². The third kappa shape index (κ3) is 4.46. The topological polar surface area (TPSA) is 98.0 Å². The summed E-state index contributed by atoms with van der Waals surface area (Å²) in [5, 5.41) is -0.406. The van der Waals surface area contributed by atoms with Crippen molar-refractivity contribution in [1.82, 2.24) is 9.97 Å². The molecule has 3 N–H and O–H groups in total. The minimum Gasteiger partial charge on any atom is -0.384 e. The van der Waals surface area contributed by atoms with Crippen LogP contribution in [-0.4, -0.2) is 18.4 Å². The molecule has 1 aliphatic rings. The summed E-state index contributed by atoms with van der Waals surface area (Å²) in [6.07, 6.45) is -3.29. The molecule has 1 fully saturated rings. The van der Waals surface area contributed by atoms with Gasteiger partial charge in [0.2, 0.25) is 0 Å². The zero-order valence-corrected chi connectivity index (χ0v) is 16.6.